The summed E-state index contributed by atoms with van der Waals surface area (Å²) in [6, 6.07) is 0.927. The number of rotatable bonds is 3. The van der Waals surface area contributed by atoms with Crippen LogP contribution < -0.4 is 5.32 Å². The molecule has 1 aliphatic carbocycles. The highest BCUT2D eigenvalue weighted by molar-refractivity contribution is 5.85. The predicted molar refractivity (Wildman–Crippen MR) is 83.1 cm³/mol. The highest BCUT2D eigenvalue weighted by Gasteiger charge is 2.33. The summed E-state index contributed by atoms with van der Waals surface area (Å²) < 4.78 is 0. The van der Waals surface area contributed by atoms with Gasteiger partial charge in [-0.05, 0) is 31.2 Å². The summed E-state index contributed by atoms with van der Waals surface area (Å²) in [6.45, 7) is 11.4. The van der Waals surface area contributed by atoms with Gasteiger partial charge in [0.15, 0.2) is 0 Å². The quantitative estimate of drug-likeness (QED) is 0.856. The summed E-state index contributed by atoms with van der Waals surface area (Å²) in [5.41, 5.74) is 0.537. The van der Waals surface area contributed by atoms with Gasteiger partial charge in [0, 0.05) is 45.3 Å². The van der Waals surface area contributed by atoms with Crippen LogP contribution in [0.25, 0.3) is 0 Å². The van der Waals surface area contributed by atoms with E-state index in [2.05, 4.69) is 22.0 Å². The minimum Gasteiger partial charge on any atom is -0.316 e. The van der Waals surface area contributed by atoms with E-state index in [1.54, 1.807) is 0 Å². The molecule has 0 aromatic carbocycles. The van der Waals surface area contributed by atoms with Crippen LogP contribution in [0.4, 0.5) is 0 Å². The van der Waals surface area contributed by atoms with Crippen LogP contribution in [0.3, 0.4) is 0 Å². The van der Waals surface area contributed by atoms with Crippen LogP contribution in [-0.4, -0.2) is 61.7 Å². The van der Waals surface area contributed by atoms with Crippen molar-refractivity contribution in [3.63, 3.8) is 0 Å². The summed E-state index contributed by atoms with van der Waals surface area (Å²) in [5, 5.41) is 3.52. The van der Waals surface area contributed by atoms with Crippen molar-refractivity contribution in [2.24, 2.45) is 5.41 Å². The van der Waals surface area contributed by atoms with Crippen molar-refractivity contribution in [2.75, 3.05) is 45.8 Å². The second-order valence-electron chi connectivity index (χ2n) is 6.99. The van der Waals surface area contributed by atoms with E-state index in [1.165, 1.54) is 77.9 Å². The Morgan fingerprint density at radius 3 is 2.37 bits per heavy atom. The molecule has 3 aliphatic rings. The van der Waals surface area contributed by atoms with Crippen molar-refractivity contribution in [3.8, 4) is 0 Å². The van der Waals surface area contributed by atoms with Gasteiger partial charge in [-0.2, -0.15) is 0 Å². The Labute approximate surface area is 124 Å². The van der Waals surface area contributed by atoms with Gasteiger partial charge in [-0.15, -0.1) is 12.4 Å². The van der Waals surface area contributed by atoms with Crippen LogP contribution in [0.15, 0.2) is 0 Å². The molecule has 1 N–H and O–H groups in total. The molecule has 19 heavy (non-hydrogen) atoms. The van der Waals surface area contributed by atoms with Crippen LogP contribution in [0.1, 0.15) is 39.0 Å². The third-order valence-corrected chi connectivity index (χ3v) is 5.31. The summed E-state index contributed by atoms with van der Waals surface area (Å²) >= 11 is 0. The van der Waals surface area contributed by atoms with E-state index in [9.17, 15) is 0 Å². The standard InChI is InChI=1S/C15H29N3.ClH/c1-15(6-7-16-12-15)13-17-8-10-18(11-9-17)14-4-2-3-5-14;/h14,16H,2-13H2,1H3;1H. The number of hydrogen-bond donors (Lipinski definition) is 1. The fourth-order valence-electron chi connectivity index (χ4n) is 4.10. The summed E-state index contributed by atoms with van der Waals surface area (Å²) in [7, 11) is 0. The van der Waals surface area contributed by atoms with Gasteiger partial charge in [-0.25, -0.2) is 0 Å². The van der Waals surface area contributed by atoms with Crippen molar-refractivity contribution < 1.29 is 0 Å². The molecule has 2 aliphatic heterocycles. The van der Waals surface area contributed by atoms with Crippen LogP contribution in [-0.2, 0) is 0 Å². The van der Waals surface area contributed by atoms with Crippen molar-refractivity contribution in [3.05, 3.63) is 0 Å². The Morgan fingerprint density at radius 2 is 1.79 bits per heavy atom. The second kappa shape index (κ2) is 6.75. The van der Waals surface area contributed by atoms with Crippen LogP contribution >= 0.6 is 12.4 Å². The van der Waals surface area contributed by atoms with E-state index in [0.717, 1.165) is 6.04 Å². The molecule has 112 valence electrons. The maximum Gasteiger partial charge on any atom is 0.0113 e. The van der Waals surface area contributed by atoms with E-state index in [-0.39, 0.29) is 12.4 Å². The number of nitrogens with zero attached hydrogens (tertiary/aromatic N) is 2. The first-order valence-electron chi connectivity index (χ1n) is 7.92. The van der Waals surface area contributed by atoms with Gasteiger partial charge >= 0.3 is 0 Å². The predicted octanol–water partition coefficient (Wildman–Crippen LogP) is 1.97. The first-order valence-corrected chi connectivity index (χ1v) is 7.92. The maximum atomic E-state index is 3.52. The van der Waals surface area contributed by atoms with Crippen molar-refractivity contribution in [1.82, 2.24) is 15.1 Å². The van der Waals surface area contributed by atoms with Gasteiger partial charge in [0.05, 0.1) is 0 Å². The molecule has 1 unspecified atom stereocenters. The average Bonchev–Trinajstić information content (AvgIpc) is 3.02. The highest BCUT2D eigenvalue weighted by Crippen LogP contribution is 2.28. The molecular weight excluding hydrogens is 258 g/mol. The molecule has 3 nitrogen and oxygen atoms in total. The largest absolute Gasteiger partial charge is 0.316 e. The van der Waals surface area contributed by atoms with E-state index < -0.39 is 0 Å². The van der Waals surface area contributed by atoms with Gasteiger partial charge in [0.25, 0.3) is 0 Å². The maximum absolute atomic E-state index is 3.52. The smallest absolute Gasteiger partial charge is 0.0113 e. The molecule has 0 amide bonds. The summed E-state index contributed by atoms with van der Waals surface area (Å²) in [6.07, 6.45) is 7.21. The molecule has 1 atom stereocenters. The number of halogens is 1. The number of hydrogen-bond acceptors (Lipinski definition) is 3. The molecule has 0 spiro atoms. The van der Waals surface area contributed by atoms with E-state index >= 15 is 0 Å². The van der Waals surface area contributed by atoms with E-state index in [1.807, 2.05) is 0 Å². The zero-order valence-electron chi connectivity index (χ0n) is 12.4. The summed E-state index contributed by atoms with van der Waals surface area (Å²) in [5.74, 6) is 0. The first kappa shape index (κ1) is 15.6. The SMILES string of the molecule is CC1(CN2CCN(C3CCCC3)CC2)CCNC1.Cl. The molecule has 0 radical (unpaired) electrons. The van der Waals surface area contributed by atoms with Gasteiger partial charge in [-0.1, -0.05) is 19.8 Å². The van der Waals surface area contributed by atoms with Crippen molar-refractivity contribution in [2.45, 2.75) is 45.1 Å². The monoisotopic (exact) mass is 287 g/mol. The molecule has 1 saturated carbocycles. The Bertz CT molecular complexity index is 265. The lowest BCUT2D eigenvalue weighted by atomic mass is 9.89. The Morgan fingerprint density at radius 1 is 1.11 bits per heavy atom. The minimum atomic E-state index is 0. The molecule has 3 fully saturated rings. The Kier molecular flexibility index (Phi) is 5.53. The van der Waals surface area contributed by atoms with Gasteiger partial charge < -0.3 is 10.2 Å². The van der Waals surface area contributed by atoms with Gasteiger partial charge in [-0.3, -0.25) is 4.90 Å². The van der Waals surface area contributed by atoms with Crippen LogP contribution in [0.2, 0.25) is 0 Å². The second-order valence-corrected chi connectivity index (χ2v) is 6.99. The lowest BCUT2D eigenvalue weighted by Gasteiger charge is -2.40. The van der Waals surface area contributed by atoms with Crippen molar-refractivity contribution >= 4 is 12.4 Å². The lowest BCUT2D eigenvalue weighted by Crippen LogP contribution is -2.52. The Balaban J connectivity index is 0.00000133. The molecule has 3 rings (SSSR count). The number of nitrogens with one attached hydrogen (secondary N) is 1. The topological polar surface area (TPSA) is 18.5 Å². The van der Waals surface area contributed by atoms with E-state index in [0.29, 0.717) is 5.41 Å². The third-order valence-electron chi connectivity index (χ3n) is 5.31. The molecule has 0 bridgehead atoms. The molecular formula is C15H30ClN3. The van der Waals surface area contributed by atoms with Crippen LogP contribution in [0.5, 0.6) is 0 Å². The molecule has 4 heteroatoms. The molecule has 0 aromatic heterocycles. The fourth-order valence-corrected chi connectivity index (χ4v) is 4.10. The third kappa shape index (κ3) is 3.84. The zero-order chi connectivity index (χ0) is 12.4. The van der Waals surface area contributed by atoms with Gasteiger partial charge in [0.2, 0.25) is 0 Å². The van der Waals surface area contributed by atoms with E-state index in [4.69, 9.17) is 0 Å². The Hall–Kier alpha value is 0.170. The number of piperazine rings is 1. The molecule has 0 aromatic rings. The molecule has 2 saturated heterocycles. The minimum absolute atomic E-state index is 0. The zero-order valence-corrected chi connectivity index (χ0v) is 13.2. The first-order chi connectivity index (χ1) is 8.75. The molecule has 2 heterocycles. The van der Waals surface area contributed by atoms with Crippen molar-refractivity contribution in [1.29, 1.82) is 0 Å². The normalized spacial score (nSPS) is 34.6. The average molecular weight is 288 g/mol. The van der Waals surface area contributed by atoms with Gasteiger partial charge in [0.1, 0.15) is 0 Å². The fraction of sp³-hybridized carbons (Fsp3) is 1.00. The lowest BCUT2D eigenvalue weighted by molar-refractivity contribution is 0.0732. The highest BCUT2D eigenvalue weighted by atomic mass is 35.5. The summed E-state index contributed by atoms with van der Waals surface area (Å²) in [4.78, 5) is 5.47. The van der Waals surface area contributed by atoms with Crippen LogP contribution in [0, 0.1) is 5.41 Å².